The Kier molecular flexibility index (Phi) is 3.94. The van der Waals surface area contributed by atoms with E-state index in [0.717, 1.165) is 18.4 Å². The third kappa shape index (κ3) is 2.81. The fourth-order valence-electron chi connectivity index (χ4n) is 1.95. The molecule has 0 atom stereocenters. The van der Waals surface area contributed by atoms with Crippen molar-refractivity contribution >= 4 is 5.97 Å². The van der Waals surface area contributed by atoms with Crippen molar-refractivity contribution in [1.29, 1.82) is 0 Å². The molecule has 100 valence electrons. The maximum atomic E-state index is 11.2. The molecule has 0 bridgehead atoms. The number of carbonyl (C=O) groups is 1. The smallest absolute Gasteiger partial charge is 0.358 e. The number of hydrogen-bond donors (Lipinski definition) is 1. The van der Waals surface area contributed by atoms with Crippen LogP contribution in [-0.2, 0) is 13.0 Å². The number of aryl methyl sites for hydroxylation is 2. The fourth-order valence-corrected chi connectivity index (χ4v) is 1.95. The lowest BCUT2D eigenvalue weighted by Crippen LogP contribution is -2.02. The van der Waals surface area contributed by atoms with E-state index in [2.05, 4.69) is 17.1 Å². The molecule has 2 rings (SSSR count). The van der Waals surface area contributed by atoms with Crippen LogP contribution in [0, 0.1) is 0 Å². The molecule has 0 aliphatic heterocycles. The number of aromatic nitrogens is 3. The minimum absolute atomic E-state index is 0.00471. The molecule has 0 radical (unpaired) electrons. The van der Waals surface area contributed by atoms with Gasteiger partial charge in [0, 0.05) is 5.56 Å². The number of hydrogen-bond acceptors (Lipinski definition) is 3. The van der Waals surface area contributed by atoms with Crippen molar-refractivity contribution in [2.45, 2.75) is 33.2 Å². The van der Waals surface area contributed by atoms with Crippen molar-refractivity contribution in [3.05, 3.63) is 35.5 Å². The first kappa shape index (κ1) is 13.3. The monoisotopic (exact) mass is 259 g/mol. The van der Waals surface area contributed by atoms with E-state index in [1.807, 2.05) is 31.2 Å². The molecule has 0 unspecified atom stereocenters. The molecule has 19 heavy (non-hydrogen) atoms. The van der Waals surface area contributed by atoms with Crippen molar-refractivity contribution < 1.29 is 9.90 Å². The van der Waals surface area contributed by atoms with E-state index in [4.69, 9.17) is 5.11 Å². The van der Waals surface area contributed by atoms with Crippen molar-refractivity contribution in [2.75, 3.05) is 0 Å². The molecule has 0 spiro atoms. The van der Waals surface area contributed by atoms with Crippen LogP contribution < -0.4 is 0 Å². The van der Waals surface area contributed by atoms with E-state index in [-0.39, 0.29) is 5.69 Å². The lowest BCUT2D eigenvalue weighted by molar-refractivity contribution is 0.0690. The molecular formula is C14H17N3O2. The molecule has 0 amide bonds. The molecule has 1 aromatic heterocycles. The second-order valence-electron chi connectivity index (χ2n) is 4.34. The first-order chi connectivity index (χ1) is 9.15. The van der Waals surface area contributed by atoms with Crippen LogP contribution in [-0.4, -0.2) is 26.1 Å². The number of aromatic carboxylic acids is 1. The van der Waals surface area contributed by atoms with Gasteiger partial charge in [-0.25, -0.2) is 4.79 Å². The third-order valence-electron chi connectivity index (χ3n) is 2.91. The molecule has 0 saturated heterocycles. The highest BCUT2D eigenvalue weighted by molar-refractivity contribution is 5.92. The van der Waals surface area contributed by atoms with Crippen molar-refractivity contribution in [3.63, 3.8) is 0 Å². The van der Waals surface area contributed by atoms with Gasteiger partial charge < -0.3 is 5.11 Å². The van der Waals surface area contributed by atoms with E-state index in [1.165, 1.54) is 10.4 Å². The van der Waals surface area contributed by atoms with Crippen molar-refractivity contribution in [3.8, 4) is 11.3 Å². The summed E-state index contributed by atoms with van der Waals surface area (Å²) in [4.78, 5) is 12.6. The molecule has 1 aromatic carbocycles. The van der Waals surface area contributed by atoms with Gasteiger partial charge in [-0.05, 0) is 18.9 Å². The van der Waals surface area contributed by atoms with E-state index < -0.39 is 5.97 Å². The summed E-state index contributed by atoms with van der Waals surface area (Å²) in [5, 5.41) is 17.3. The van der Waals surface area contributed by atoms with E-state index in [0.29, 0.717) is 12.2 Å². The molecule has 0 saturated carbocycles. The number of benzene rings is 1. The highest BCUT2D eigenvalue weighted by Gasteiger charge is 2.18. The quantitative estimate of drug-likeness (QED) is 0.896. The number of carboxylic acid groups (broad SMARTS) is 1. The minimum atomic E-state index is -1.05. The Hall–Kier alpha value is -2.17. The van der Waals surface area contributed by atoms with Crippen molar-refractivity contribution in [2.24, 2.45) is 0 Å². The Bertz CT molecular complexity index is 573. The van der Waals surface area contributed by atoms with Crippen LogP contribution in [0.4, 0.5) is 0 Å². The number of nitrogens with zero attached hydrogens (tertiary/aromatic N) is 3. The largest absolute Gasteiger partial charge is 0.476 e. The summed E-state index contributed by atoms with van der Waals surface area (Å²) < 4.78 is 0. The maximum Gasteiger partial charge on any atom is 0.358 e. The van der Waals surface area contributed by atoms with Gasteiger partial charge in [0.05, 0.1) is 6.54 Å². The lowest BCUT2D eigenvalue weighted by Gasteiger charge is -2.01. The summed E-state index contributed by atoms with van der Waals surface area (Å²) in [6, 6.07) is 7.83. The van der Waals surface area contributed by atoms with Crippen LogP contribution in [0.5, 0.6) is 0 Å². The zero-order valence-corrected chi connectivity index (χ0v) is 11.1. The van der Waals surface area contributed by atoms with E-state index >= 15 is 0 Å². The molecule has 2 aromatic rings. The molecule has 0 fully saturated rings. The van der Waals surface area contributed by atoms with Crippen molar-refractivity contribution in [1.82, 2.24) is 15.0 Å². The first-order valence-electron chi connectivity index (χ1n) is 6.43. The molecule has 0 aliphatic rings. The van der Waals surface area contributed by atoms with Crippen LogP contribution in [0.25, 0.3) is 11.3 Å². The molecule has 5 nitrogen and oxygen atoms in total. The Labute approximate surface area is 111 Å². The highest BCUT2D eigenvalue weighted by Crippen LogP contribution is 2.21. The van der Waals surface area contributed by atoms with Gasteiger partial charge in [0.15, 0.2) is 5.69 Å². The summed E-state index contributed by atoms with van der Waals surface area (Å²) >= 11 is 0. The summed E-state index contributed by atoms with van der Waals surface area (Å²) in [6.45, 7) is 4.55. The Morgan fingerprint density at radius 3 is 2.42 bits per heavy atom. The van der Waals surface area contributed by atoms with Gasteiger partial charge in [-0.2, -0.15) is 9.90 Å². The van der Waals surface area contributed by atoms with Gasteiger partial charge in [0.2, 0.25) is 0 Å². The second kappa shape index (κ2) is 5.65. The normalized spacial score (nSPS) is 10.6. The van der Waals surface area contributed by atoms with Crippen LogP contribution in [0.1, 0.15) is 36.3 Å². The predicted octanol–water partition coefficient (Wildman–Crippen LogP) is 2.62. The number of carboxylic acids is 1. The van der Waals surface area contributed by atoms with Crippen LogP contribution in [0.2, 0.25) is 0 Å². The molecule has 0 aliphatic carbocycles. The van der Waals surface area contributed by atoms with Gasteiger partial charge in [-0.3, -0.25) is 0 Å². The average Bonchev–Trinajstić information content (AvgIpc) is 2.84. The van der Waals surface area contributed by atoms with Gasteiger partial charge in [0.25, 0.3) is 0 Å². The fraction of sp³-hybridized carbons (Fsp3) is 0.357. The molecule has 1 heterocycles. The summed E-state index contributed by atoms with van der Waals surface area (Å²) in [5.74, 6) is -1.05. The molecule has 1 N–H and O–H groups in total. The van der Waals surface area contributed by atoms with Gasteiger partial charge in [0.1, 0.15) is 5.69 Å². The van der Waals surface area contributed by atoms with Gasteiger partial charge in [-0.15, -0.1) is 5.10 Å². The maximum absolute atomic E-state index is 11.2. The summed E-state index contributed by atoms with van der Waals surface area (Å²) in [7, 11) is 0. The van der Waals surface area contributed by atoms with Crippen LogP contribution in [0.15, 0.2) is 24.3 Å². The Morgan fingerprint density at radius 1 is 1.21 bits per heavy atom. The first-order valence-corrected chi connectivity index (χ1v) is 6.43. The standard InChI is InChI=1S/C14H17N3O2/c1-3-5-10-6-8-11(9-7-10)12-13(14(18)19)16-17(4-2)15-12/h6-9H,3-5H2,1-2H3,(H,18,19). The number of rotatable bonds is 5. The third-order valence-corrected chi connectivity index (χ3v) is 2.91. The van der Waals surface area contributed by atoms with E-state index in [9.17, 15) is 4.79 Å². The zero-order valence-electron chi connectivity index (χ0n) is 11.1. The highest BCUT2D eigenvalue weighted by atomic mass is 16.4. The van der Waals surface area contributed by atoms with Crippen LogP contribution >= 0.6 is 0 Å². The summed E-state index contributed by atoms with van der Waals surface area (Å²) in [5.41, 5.74) is 2.46. The summed E-state index contributed by atoms with van der Waals surface area (Å²) in [6.07, 6.45) is 2.11. The van der Waals surface area contributed by atoms with Crippen LogP contribution in [0.3, 0.4) is 0 Å². The lowest BCUT2D eigenvalue weighted by atomic mass is 10.1. The van der Waals surface area contributed by atoms with Gasteiger partial charge in [-0.1, -0.05) is 37.6 Å². The van der Waals surface area contributed by atoms with E-state index in [1.54, 1.807) is 0 Å². The predicted molar refractivity (Wildman–Crippen MR) is 72.1 cm³/mol. The molecule has 5 heteroatoms. The molecular weight excluding hydrogens is 242 g/mol. The second-order valence-corrected chi connectivity index (χ2v) is 4.34. The Balaban J connectivity index is 2.39. The topological polar surface area (TPSA) is 68.0 Å². The SMILES string of the molecule is CCCc1ccc(-c2nn(CC)nc2C(=O)O)cc1. The Morgan fingerprint density at radius 2 is 1.89 bits per heavy atom. The zero-order chi connectivity index (χ0) is 13.8. The average molecular weight is 259 g/mol. The minimum Gasteiger partial charge on any atom is -0.476 e. The van der Waals surface area contributed by atoms with Gasteiger partial charge >= 0.3 is 5.97 Å².